The molecule has 0 atom stereocenters. The van der Waals surface area contributed by atoms with E-state index in [0.29, 0.717) is 22.8 Å². The van der Waals surface area contributed by atoms with E-state index in [1.54, 1.807) is 18.2 Å². The number of halogens is 2. The Morgan fingerprint density at radius 1 is 1.00 bits per heavy atom. The SMILES string of the molecule is Cc1c(Cl)cccc1NC(=O)c1ccc2c(c1)c(C)c(C)n2Cc1ccc(F)cc1. The maximum atomic E-state index is 13.2. The van der Waals surface area contributed by atoms with Gasteiger partial charge in [0.2, 0.25) is 0 Å². The number of carbonyl (C=O) groups excluding carboxylic acids is 1. The molecule has 0 aliphatic carbocycles. The number of nitrogens with one attached hydrogen (secondary N) is 1. The second-order valence-corrected chi connectivity index (χ2v) is 7.93. The third kappa shape index (κ3) is 3.71. The highest BCUT2D eigenvalue weighted by atomic mass is 35.5. The molecule has 3 aromatic carbocycles. The summed E-state index contributed by atoms with van der Waals surface area (Å²) in [7, 11) is 0. The molecule has 1 heterocycles. The van der Waals surface area contributed by atoms with Gasteiger partial charge < -0.3 is 9.88 Å². The first-order valence-electron chi connectivity index (χ1n) is 9.75. The van der Waals surface area contributed by atoms with Gasteiger partial charge in [-0.1, -0.05) is 29.8 Å². The minimum absolute atomic E-state index is 0.175. The summed E-state index contributed by atoms with van der Waals surface area (Å²) in [6.45, 7) is 6.64. The van der Waals surface area contributed by atoms with E-state index in [4.69, 9.17) is 11.6 Å². The molecule has 4 aromatic rings. The lowest BCUT2D eigenvalue weighted by Gasteiger charge is -2.11. The van der Waals surface area contributed by atoms with Crippen LogP contribution in [0.3, 0.4) is 0 Å². The summed E-state index contributed by atoms with van der Waals surface area (Å²) in [5.41, 5.74) is 6.45. The van der Waals surface area contributed by atoms with Crippen molar-refractivity contribution < 1.29 is 9.18 Å². The Labute approximate surface area is 180 Å². The fraction of sp³-hybridized carbons (Fsp3) is 0.160. The van der Waals surface area contributed by atoms with E-state index >= 15 is 0 Å². The first kappa shape index (κ1) is 20.2. The Kier molecular flexibility index (Phi) is 5.35. The van der Waals surface area contributed by atoms with Crippen LogP contribution in [0.2, 0.25) is 5.02 Å². The lowest BCUT2D eigenvalue weighted by Crippen LogP contribution is -2.12. The number of anilines is 1. The largest absolute Gasteiger partial charge is 0.340 e. The maximum absolute atomic E-state index is 13.2. The zero-order chi connectivity index (χ0) is 21.4. The van der Waals surface area contributed by atoms with Gasteiger partial charge in [0.05, 0.1) is 0 Å². The molecule has 0 bridgehead atoms. The molecule has 1 amide bonds. The van der Waals surface area contributed by atoms with Crippen molar-refractivity contribution in [3.8, 4) is 0 Å². The summed E-state index contributed by atoms with van der Waals surface area (Å²) in [6.07, 6.45) is 0. The van der Waals surface area contributed by atoms with Gasteiger partial charge >= 0.3 is 0 Å². The molecule has 1 N–H and O–H groups in total. The number of rotatable bonds is 4. The molecule has 0 saturated heterocycles. The van der Waals surface area contributed by atoms with Crippen LogP contribution in [0.4, 0.5) is 10.1 Å². The smallest absolute Gasteiger partial charge is 0.255 e. The number of amides is 1. The van der Waals surface area contributed by atoms with E-state index in [1.165, 1.54) is 12.1 Å². The summed E-state index contributed by atoms with van der Waals surface area (Å²) in [4.78, 5) is 12.9. The van der Waals surface area contributed by atoms with Gasteiger partial charge in [0.15, 0.2) is 0 Å². The third-order valence-electron chi connectivity index (χ3n) is 5.67. The second kappa shape index (κ2) is 7.96. The van der Waals surface area contributed by atoms with Crippen LogP contribution in [-0.2, 0) is 6.54 Å². The van der Waals surface area contributed by atoms with Crippen molar-refractivity contribution in [2.75, 3.05) is 5.32 Å². The minimum atomic E-state index is -0.241. The van der Waals surface area contributed by atoms with Crippen LogP contribution in [0.15, 0.2) is 60.7 Å². The topological polar surface area (TPSA) is 34.0 Å². The molecule has 30 heavy (non-hydrogen) atoms. The summed E-state index contributed by atoms with van der Waals surface area (Å²) in [5.74, 6) is -0.416. The number of carbonyl (C=O) groups is 1. The van der Waals surface area contributed by atoms with Crippen molar-refractivity contribution in [1.82, 2.24) is 4.57 Å². The molecular formula is C25H22ClFN2O. The molecule has 5 heteroatoms. The average molecular weight is 421 g/mol. The fourth-order valence-electron chi connectivity index (χ4n) is 3.70. The maximum Gasteiger partial charge on any atom is 0.255 e. The fourth-order valence-corrected chi connectivity index (χ4v) is 3.88. The molecular weight excluding hydrogens is 399 g/mol. The minimum Gasteiger partial charge on any atom is -0.340 e. The average Bonchev–Trinajstić information content (AvgIpc) is 2.97. The Morgan fingerprint density at radius 3 is 2.47 bits per heavy atom. The molecule has 152 valence electrons. The molecule has 4 rings (SSSR count). The number of hydrogen-bond donors (Lipinski definition) is 1. The van der Waals surface area contributed by atoms with Crippen LogP contribution in [0, 0.1) is 26.6 Å². The number of aromatic nitrogens is 1. The van der Waals surface area contributed by atoms with Crippen LogP contribution in [0.25, 0.3) is 10.9 Å². The van der Waals surface area contributed by atoms with Crippen LogP contribution in [-0.4, -0.2) is 10.5 Å². The van der Waals surface area contributed by atoms with Crippen LogP contribution < -0.4 is 5.32 Å². The number of fused-ring (bicyclic) bond motifs is 1. The molecule has 0 aliphatic rings. The number of aryl methyl sites for hydroxylation is 1. The van der Waals surface area contributed by atoms with Crippen molar-refractivity contribution in [3.63, 3.8) is 0 Å². The van der Waals surface area contributed by atoms with E-state index < -0.39 is 0 Å². The lowest BCUT2D eigenvalue weighted by molar-refractivity contribution is 0.102. The number of hydrogen-bond acceptors (Lipinski definition) is 1. The predicted molar refractivity (Wildman–Crippen MR) is 121 cm³/mol. The van der Waals surface area contributed by atoms with E-state index in [-0.39, 0.29) is 11.7 Å². The van der Waals surface area contributed by atoms with Crippen LogP contribution >= 0.6 is 11.6 Å². The Balaban J connectivity index is 1.67. The van der Waals surface area contributed by atoms with Gasteiger partial charge in [-0.3, -0.25) is 4.79 Å². The van der Waals surface area contributed by atoms with Crippen molar-refractivity contribution >= 4 is 34.1 Å². The Morgan fingerprint density at radius 2 is 1.73 bits per heavy atom. The molecule has 3 nitrogen and oxygen atoms in total. The highest BCUT2D eigenvalue weighted by Gasteiger charge is 2.15. The zero-order valence-electron chi connectivity index (χ0n) is 17.1. The van der Waals surface area contributed by atoms with Crippen molar-refractivity contribution in [2.24, 2.45) is 0 Å². The highest BCUT2D eigenvalue weighted by molar-refractivity contribution is 6.31. The van der Waals surface area contributed by atoms with Gasteiger partial charge in [-0.25, -0.2) is 4.39 Å². The Hall–Kier alpha value is -3.11. The van der Waals surface area contributed by atoms with Gasteiger partial charge in [-0.2, -0.15) is 0 Å². The molecule has 0 fully saturated rings. The Bertz CT molecular complexity index is 1260. The van der Waals surface area contributed by atoms with Crippen molar-refractivity contribution in [1.29, 1.82) is 0 Å². The number of nitrogens with zero attached hydrogens (tertiary/aromatic N) is 1. The van der Waals surface area contributed by atoms with Gasteiger partial charge in [0.25, 0.3) is 5.91 Å². The molecule has 0 radical (unpaired) electrons. The van der Waals surface area contributed by atoms with Crippen LogP contribution in [0.1, 0.15) is 32.7 Å². The molecule has 0 spiro atoms. The molecule has 0 saturated carbocycles. The monoisotopic (exact) mass is 420 g/mol. The van der Waals surface area contributed by atoms with Crippen molar-refractivity contribution in [2.45, 2.75) is 27.3 Å². The van der Waals surface area contributed by atoms with E-state index in [9.17, 15) is 9.18 Å². The van der Waals surface area contributed by atoms with Crippen molar-refractivity contribution in [3.05, 3.63) is 99.5 Å². The van der Waals surface area contributed by atoms with Gasteiger partial charge in [-0.15, -0.1) is 0 Å². The van der Waals surface area contributed by atoms with Gasteiger partial charge in [-0.05, 0) is 79.9 Å². The number of benzene rings is 3. The second-order valence-electron chi connectivity index (χ2n) is 7.52. The lowest BCUT2D eigenvalue weighted by atomic mass is 10.1. The summed E-state index contributed by atoms with van der Waals surface area (Å²) < 4.78 is 15.4. The zero-order valence-corrected chi connectivity index (χ0v) is 17.8. The van der Waals surface area contributed by atoms with Crippen LogP contribution in [0.5, 0.6) is 0 Å². The third-order valence-corrected chi connectivity index (χ3v) is 6.08. The molecule has 1 aromatic heterocycles. The molecule has 0 unspecified atom stereocenters. The first-order chi connectivity index (χ1) is 14.3. The van der Waals surface area contributed by atoms with E-state index in [0.717, 1.165) is 33.3 Å². The van der Waals surface area contributed by atoms with Gasteiger partial charge in [0.1, 0.15) is 5.82 Å². The quantitative estimate of drug-likeness (QED) is 0.393. The summed E-state index contributed by atoms with van der Waals surface area (Å²) >= 11 is 6.16. The summed E-state index contributed by atoms with van der Waals surface area (Å²) in [6, 6.07) is 17.7. The van der Waals surface area contributed by atoms with E-state index in [2.05, 4.69) is 23.7 Å². The molecule has 0 aliphatic heterocycles. The highest BCUT2D eigenvalue weighted by Crippen LogP contribution is 2.28. The predicted octanol–water partition coefficient (Wildman–Crippen LogP) is 6.66. The van der Waals surface area contributed by atoms with E-state index in [1.807, 2.05) is 37.3 Å². The first-order valence-corrected chi connectivity index (χ1v) is 10.1. The normalized spacial score (nSPS) is 11.1. The van der Waals surface area contributed by atoms with Gasteiger partial charge in [0, 0.05) is 39.4 Å². The summed E-state index contributed by atoms with van der Waals surface area (Å²) in [5, 5.41) is 4.60. The standard InChI is InChI=1S/C25H22ClFN2O/c1-15-17(3)29(14-18-7-10-20(27)11-8-18)24-12-9-19(13-21(15)24)25(30)28-23-6-4-5-22(26)16(23)2/h4-13H,14H2,1-3H3,(H,28,30).